The lowest BCUT2D eigenvalue weighted by atomic mass is 10.4. The molecule has 8 nitrogen and oxygen atoms in total. The van der Waals surface area contributed by atoms with Gasteiger partial charge in [-0.1, -0.05) is 6.58 Å². The summed E-state index contributed by atoms with van der Waals surface area (Å²) < 4.78 is 17.9. The van der Waals surface area contributed by atoms with Gasteiger partial charge in [-0.05, 0) is 39.3 Å². The van der Waals surface area contributed by atoms with Gasteiger partial charge in [-0.3, -0.25) is 9.59 Å². The monoisotopic (exact) mass is 380 g/mol. The lowest BCUT2D eigenvalue weighted by molar-refractivity contribution is -0.151. The van der Waals surface area contributed by atoms with Crippen molar-refractivity contribution in [2.45, 2.75) is 27.7 Å². The number of ether oxygens (including phenoxy) is 4. The number of hydrogen-bond acceptors (Lipinski definition) is 8. The normalized spacial score (nSPS) is 8.68. The van der Waals surface area contributed by atoms with Crippen LogP contribution in [0.25, 0.3) is 0 Å². The molecule has 0 unspecified atom stereocenters. The van der Waals surface area contributed by atoms with Crippen molar-refractivity contribution in [2.75, 3.05) is 26.4 Å². The van der Waals surface area contributed by atoms with E-state index in [0.717, 1.165) is 12.7 Å². The summed E-state index contributed by atoms with van der Waals surface area (Å²) in [5.41, 5.74) is 0. The summed E-state index contributed by atoms with van der Waals surface area (Å²) in [7, 11) is 0. The van der Waals surface area contributed by atoms with Crippen LogP contribution in [0.2, 0.25) is 0 Å². The predicted octanol–water partition coefficient (Wildman–Crippen LogP) is 2.15. The van der Waals surface area contributed by atoms with Crippen LogP contribution >= 0.6 is 11.6 Å². The molecule has 0 saturated heterocycles. The molecule has 0 bridgehead atoms. The molecule has 144 valence electrons. The molecule has 0 N–H and O–H groups in total. The average molecular weight is 381 g/mol. The predicted molar refractivity (Wildman–Crippen MR) is 91.7 cm³/mol. The Morgan fingerprint density at radius 1 is 0.840 bits per heavy atom. The summed E-state index contributed by atoms with van der Waals surface area (Å²) in [6, 6.07) is 0. The third-order valence-corrected chi connectivity index (χ3v) is 1.83. The van der Waals surface area contributed by atoms with Gasteiger partial charge in [0, 0.05) is 6.08 Å². The molecule has 0 atom stereocenters. The molecule has 0 saturated carbocycles. The summed E-state index contributed by atoms with van der Waals surface area (Å²) in [6.07, 6.45) is 3.65. The highest BCUT2D eigenvalue weighted by Crippen LogP contribution is 1.85. The topological polar surface area (TPSA) is 105 Å². The first-order valence-electron chi connectivity index (χ1n) is 7.40. The number of carbonyl (C=O) groups excluding carboxylic acids is 4. The van der Waals surface area contributed by atoms with Crippen molar-refractivity contribution in [3.05, 3.63) is 25.2 Å². The van der Waals surface area contributed by atoms with Gasteiger partial charge in [0.1, 0.15) is 0 Å². The van der Waals surface area contributed by atoms with Crippen molar-refractivity contribution < 1.29 is 38.1 Å². The molecule has 0 aliphatic heterocycles. The van der Waals surface area contributed by atoms with Gasteiger partial charge < -0.3 is 18.9 Å². The fourth-order valence-electron chi connectivity index (χ4n) is 0.782. The van der Waals surface area contributed by atoms with Gasteiger partial charge in [-0.2, -0.15) is 0 Å². The van der Waals surface area contributed by atoms with E-state index < -0.39 is 23.0 Å². The Hall–Kier alpha value is -2.35. The molecular formula is C16H25ClO8. The highest BCUT2D eigenvalue weighted by molar-refractivity contribution is 6.80. The summed E-state index contributed by atoms with van der Waals surface area (Å²) >= 11 is 4.69. The summed E-state index contributed by atoms with van der Waals surface area (Å²) in [5, 5.41) is -1.08. The molecule has 25 heavy (non-hydrogen) atoms. The molecule has 0 aromatic carbocycles. The number of halogens is 1. The summed E-state index contributed by atoms with van der Waals surface area (Å²) in [4.78, 5) is 41.3. The van der Waals surface area contributed by atoms with Crippen LogP contribution < -0.4 is 0 Å². The number of carbonyl (C=O) groups is 4. The van der Waals surface area contributed by atoms with Gasteiger partial charge in [0.15, 0.2) is 0 Å². The minimum atomic E-state index is -1.08. The second-order valence-electron chi connectivity index (χ2n) is 3.46. The second-order valence-corrected chi connectivity index (χ2v) is 3.80. The molecule has 0 rings (SSSR count). The van der Waals surface area contributed by atoms with E-state index in [0.29, 0.717) is 6.61 Å². The van der Waals surface area contributed by atoms with Gasteiger partial charge in [-0.15, -0.1) is 0 Å². The highest BCUT2D eigenvalue weighted by atomic mass is 35.5. The Bertz CT molecular complexity index is 432. The van der Waals surface area contributed by atoms with Crippen molar-refractivity contribution in [3.8, 4) is 0 Å². The third-order valence-electron chi connectivity index (χ3n) is 1.68. The fourth-order valence-corrected chi connectivity index (χ4v) is 0.837. The summed E-state index contributed by atoms with van der Waals surface area (Å²) in [5.74, 6) is -2.55. The molecule has 0 aliphatic carbocycles. The van der Waals surface area contributed by atoms with Crippen molar-refractivity contribution >= 4 is 34.6 Å². The van der Waals surface area contributed by atoms with Gasteiger partial charge in [0.25, 0.3) is 5.78 Å². The van der Waals surface area contributed by atoms with Gasteiger partial charge >= 0.3 is 17.2 Å². The Kier molecular flexibility index (Phi) is 23.8. The molecule has 0 radical (unpaired) electrons. The molecule has 9 heteroatoms. The van der Waals surface area contributed by atoms with Crippen molar-refractivity contribution in [3.63, 3.8) is 0 Å². The standard InChI is InChI=1S/C8H12O4.C4H5ClO3.C4H8O/c1-3-11-6-5-7(9)8(10)12-4-2;1-2-8-4(7)3(5)6;1-3-5-4-2/h5-6H,3-4H2,1-2H3;2H2,1H3;3H,1,4H2,2H3/b6-5+;;. The smallest absolute Gasteiger partial charge is 0.391 e. The fraction of sp³-hybridized carbons (Fsp3) is 0.500. The SMILES string of the molecule is C=COCC.CCO/C=C/C(=O)C(=O)OCC.CCOC(=O)C(=O)Cl. The van der Waals surface area contributed by atoms with Crippen molar-refractivity contribution in [2.24, 2.45) is 0 Å². The van der Waals surface area contributed by atoms with Crippen molar-refractivity contribution in [1.82, 2.24) is 0 Å². The largest absolute Gasteiger partial charge is 0.502 e. The number of esters is 2. The van der Waals surface area contributed by atoms with E-state index in [9.17, 15) is 19.2 Å². The summed E-state index contributed by atoms with van der Waals surface area (Å²) in [6.45, 7) is 11.8. The van der Waals surface area contributed by atoms with Crippen LogP contribution in [-0.2, 0) is 38.1 Å². The Morgan fingerprint density at radius 2 is 1.32 bits per heavy atom. The third kappa shape index (κ3) is 24.0. The quantitative estimate of drug-likeness (QED) is 0.197. The average Bonchev–Trinajstić information content (AvgIpc) is 2.57. The van der Waals surface area contributed by atoms with E-state index in [4.69, 9.17) is 16.3 Å². The maximum absolute atomic E-state index is 10.8. The molecule has 0 aromatic rings. The lowest BCUT2D eigenvalue weighted by Crippen LogP contribution is -2.14. The number of ketones is 1. The second kappa shape index (κ2) is 21.6. The van der Waals surface area contributed by atoms with Gasteiger partial charge in [0.2, 0.25) is 0 Å². The molecule has 0 spiro atoms. The van der Waals surface area contributed by atoms with Crippen LogP contribution in [0, 0.1) is 0 Å². The zero-order chi connectivity index (χ0) is 20.1. The van der Waals surface area contributed by atoms with Crippen LogP contribution in [0.3, 0.4) is 0 Å². The minimum absolute atomic E-state index is 0.178. The number of hydrogen-bond donors (Lipinski definition) is 0. The van der Waals surface area contributed by atoms with Crippen LogP contribution in [0.15, 0.2) is 25.2 Å². The zero-order valence-corrected chi connectivity index (χ0v) is 15.7. The molecule has 0 heterocycles. The lowest BCUT2D eigenvalue weighted by Gasteiger charge is -1.95. The van der Waals surface area contributed by atoms with Crippen LogP contribution in [0.1, 0.15) is 27.7 Å². The molecule has 0 aliphatic rings. The zero-order valence-electron chi connectivity index (χ0n) is 14.9. The Morgan fingerprint density at radius 3 is 1.60 bits per heavy atom. The van der Waals surface area contributed by atoms with Crippen molar-refractivity contribution in [1.29, 1.82) is 0 Å². The van der Waals surface area contributed by atoms with Gasteiger partial charge in [-0.25, -0.2) is 9.59 Å². The van der Waals surface area contributed by atoms with E-state index in [2.05, 4.69) is 20.8 Å². The molecule has 0 aromatic heterocycles. The van der Waals surface area contributed by atoms with E-state index in [1.54, 1.807) is 20.8 Å². The first-order valence-corrected chi connectivity index (χ1v) is 7.78. The molecule has 0 fully saturated rings. The Labute approximate surface area is 152 Å². The minimum Gasteiger partial charge on any atom is -0.502 e. The Balaban J connectivity index is -0.000000321. The van der Waals surface area contributed by atoms with E-state index >= 15 is 0 Å². The van der Waals surface area contributed by atoms with Gasteiger partial charge in [0.05, 0.1) is 39.0 Å². The highest BCUT2D eigenvalue weighted by Gasteiger charge is 2.10. The first kappa shape index (κ1) is 27.5. The van der Waals surface area contributed by atoms with E-state index in [-0.39, 0.29) is 13.2 Å². The first-order chi connectivity index (χ1) is 11.8. The molecular weight excluding hydrogens is 356 g/mol. The molecule has 0 amide bonds. The van der Waals surface area contributed by atoms with Crippen LogP contribution in [-0.4, -0.2) is 49.4 Å². The maximum atomic E-state index is 10.8. The number of rotatable bonds is 9. The van der Waals surface area contributed by atoms with Crippen LogP contribution in [0.4, 0.5) is 0 Å². The van der Waals surface area contributed by atoms with E-state index in [1.165, 1.54) is 12.5 Å². The van der Waals surface area contributed by atoms with E-state index in [1.807, 2.05) is 6.92 Å². The van der Waals surface area contributed by atoms with Crippen LogP contribution in [0.5, 0.6) is 0 Å². The maximum Gasteiger partial charge on any atom is 0.391 e.